The number of pyridine rings is 3. The number of rotatable bonds is 5. The molecule has 0 saturated carbocycles. The summed E-state index contributed by atoms with van der Waals surface area (Å²) in [5, 5.41) is 10.7. The average Bonchev–Trinajstić information content (AvgIpc) is 2.87. The van der Waals surface area contributed by atoms with Crippen LogP contribution in [-0.2, 0) is 6.61 Å². The molecule has 0 atom stereocenters. The molecule has 0 N–H and O–H groups in total. The largest absolute Gasteiger partial charge is 0.473 e. The van der Waals surface area contributed by atoms with Crippen LogP contribution in [0.4, 0.5) is 0 Å². The maximum atomic E-state index is 13.0. The van der Waals surface area contributed by atoms with Gasteiger partial charge >= 0.3 is 0 Å². The van der Waals surface area contributed by atoms with Gasteiger partial charge in [0.2, 0.25) is 5.88 Å². The molecule has 0 spiro atoms. The predicted molar refractivity (Wildman–Crippen MR) is 126 cm³/mol. The number of benzene rings is 2. The van der Waals surface area contributed by atoms with E-state index in [2.05, 4.69) is 16.0 Å². The van der Waals surface area contributed by atoms with Crippen molar-refractivity contribution < 1.29 is 4.74 Å². The molecule has 5 rings (SSSR count). The normalized spacial score (nSPS) is 10.6. The summed E-state index contributed by atoms with van der Waals surface area (Å²) in [5.41, 5.74) is 3.99. The van der Waals surface area contributed by atoms with Crippen LogP contribution in [0.2, 0.25) is 0 Å². The Labute approximate surface area is 190 Å². The van der Waals surface area contributed by atoms with Gasteiger partial charge in [-0.3, -0.25) is 14.3 Å². The molecule has 5 aromatic rings. The lowest BCUT2D eigenvalue weighted by Crippen LogP contribution is -2.19. The summed E-state index contributed by atoms with van der Waals surface area (Å²) in [6.07, 6.45) is 5.03. The van der Waals surface area contributed by atoms with Gasteiger partial charge in [0.25, 0.3) is 5.56 Å². The van der Waals surface area contributed by atoms with Gasteiger partial charge in [0.1, 0.15) is 6.61 Å². The van der Waals surface area contributed by atoms with E-state index in [9.17, 15) is 10.1 Å². The maximum absolute atomic E-state index is 13.0. The highest BCUT2D eigenvalue weighted by Crippen LogP contribution is 2.29. The Morgan fingerprint density at radius 1 is 0.939 bits per heavy atom. The molecule has 0 bridgehead atoms. The van der Waals surface area contributed by atoms with Crippen LogP contribution in [0, 0.1) is 11.3 Å². The Morgan fingerprint density at radius 3 is 2.61 bits per heavy atom. The first kappa shape index (κ1) is 20.2. The van der Waals surface area contributed by atoms with Crippen LogP contribution in [0.1, 0.15) is 11.1 Å². The second-order valence-electron chi connectivity index (χ2n) is 7.42. The van der Waals surface area contributed by atoms with E-state index in [4.69, 9.17) is 4.74 Å². The minimum Gasteiger partial charge on any atom is -0.473 e. The summed E-state index contributed by atoms with van der Waals surface area (Å²) in [5.74, 6) is 0.500. The van der Waals surface area contributed by atoms with Crippen LogP contribution < -0.4 is 10.3 Å². The van der Waals surface area contributed by atoms with Crippen molar-refractivity contribution in [1.82, 2.24) is 14.5 Å². The first-order valence-electron chi connectivity index (χ1n) is 10.4. The number of nitriles is 1. The molecule has 3 aromatic heterocycles. The Kier molecular flexibility index (Phi) is 5.36. The lowest BCUT2D eigenvalue weighted by atomic mass is 9.99. The molecule has 158 valence electrons. The fourth-order valence-corrected chi connectivity index (χ4v) is 3.75. The molecular weight excluding hydrogens is 412 g/mol. The number of para-hydroxylation sites is 1. The van der Waals surface area contributed by atoms with Crippen molar-refractivity contribution in [2.24, 2.45) is 0 Å². The minimum absolute atomic E-state index is 0.215. The van der Waals surface area contributed by atoms with Gasteiger partial charge in [-0.25, -0.2) is 4.98 Å². The highest BCUT2D eigenvalue weighted by molar-refractivity contribution is 5.79. The van der Waals surface area contributed by atoms with E-state index in [0.29, 0.717) is 22.7 Å². The molecular formula is C27H18N4O2. The second-order valence-corrected chi connectivity index (χ2v) is 7.42. The van der Waals surface area contributed by atoms with Crippen LogP contribution in [0.25, 0.3) is 27.7 Å². The highest BCUT2D eigenvalue weighted by atomic mass is 16.5. The van der Waals surface area contributed by atoms with Crippen molar-refractivity contribution in [3.8, 4) is 28.8 Å². The van der Waals surface area contributed by atoms with E-state index >= 15 is 0 Å². The number of aromatic nitrogens is 3. The van der Waals surface area contributed by atoms with Gasteiger partial charge in [-0.15, -0.1) is 0 Å². The standard InChI is InChI=1S/C27H18N4O2/c28-17-22-5-3-7-24(27(22)21-10-13-29-14-11-21)31-15-12-19(16-26(31)32)18-33-25-9-8-20-4-1-2-6-23(20)30-25/h1-16H,18H2. The number of ether oxygens (including phenoxy) is 1. The monoisotopic (exact) mass is 430 g/mol. The first-order valence-corrected chi connectivity index (χ1v) is 10.4. The summed E-state index contributed by atoms with van der Waals surface area (Å²) in [7, 11) is 0. The van der Waals surface area contributed by atoms with Gasteiger partial charge in [-0.05, 0) is 53.6 Å². The number of nitrogens with zero attached hydrogens (tertiary/aromatic N) is 4. The van der Waals surface area contributed by atoms with E-state index in [1.165, 1.54) is 10.6 Å². The Morgan fingerprint density at radius 2 is 1.79 bits per heavy atom. The summed E-state index contributed by atoms with van der Waals surface area (Å²) < 4.78 is 7.36. The lowest BCUT2D eigenvalue weighted by molar-refractivity contribution is 0.294. The third-order valence-electron chi connectivity index (χ3n) is 5.34. The fraction of sp³-hybridized carbons (Fsp3) is 0.0370. The number of hydrogen-bond acceptors (Lipinski definition) is 5. The zero-order chi connectivity index (χ0) is 22.6. The molecule has 0 fully saturated rings. The summed E-state index contributed by atoms with van der Waals surface area (Å²) >= 11 is 0. The van der Waals surface area contributed by atoms with E-state index in [0.717, 1.165) is 22.0 Å². The Balaban J connectivity index is 1.45. The topological polar surface area (TPSA) is 80.8 Å². The molecule has 0 saturated heterocycles. The molecule has 0 unspecified atom stereocenters. The molecule has 0 amide bonds. The molecule has 0 radical (unpaired) electrons. The third kappa shape index (κ3) is 4.08. The van der Waals surface area contributed by atoms with Gasteiger partial charge in [0.15, 0.2) is 0 Å². The van der Waals surface area contributed by atoms with Crippen LogP contribution in [-0.4, -0.2) is 14.5 Å². The molecule has 6 heteroatoms. The summed E-state index contributed by atoms with van der Waals surface area (Å²) in [4.78, 5) is 21.6. The van der Waals surface area contributed by atoms with Crippen LogP contribution >= 0.6 is 0 Å². The molecule has 0 aliphatic heterocycles. The lowest BCUT2D eigenvalue weighted by Gasteiger charge is -2.14. The van der Waals surface area contributed by atoms with Crippen molar-refractivity contribution in [3.05, 3.63) is 119 Å². The van der Waals surface area contributed by atoms with E-state index in [-0.39, 0.29) is 12.2 Å². The Hall–Kier alpha value is -4.76. The smallest absolute Gasteiger partial charge is 0.255 e. The molecule has 3 heterocycles. The predicted octanol–water partition coefficient (Wildman–Crippen LogP) is 4.90. The van der Waals surface area contributed by atoms with Gasteiger partial charge in [-0.2, -0.15) is 5.26 Å². The van der Waals surface area contributed by atoms with E-state index in [1.807, 2.05) is 60.7 Å². The van der Waals surface area contributed by atoms with Gasteiger partial charge < -0.3 is 4.74 Å². The molecule has 0 aliphatic rings. The van der Waals surface area contributed by atoms with Crippen LogP contribution in [0.5, 0.6) is 5.88 Å². The SMILES string of the molecule is N#Cc1cccc(-n2ccc(COc3ccc4ccccc4n3)cc2=O)c1-c1ccncc1. The number of hydrogen-bond donors (Lipinski definition) is 0. The van der Waals surface area contributed by atoms with E-state index < -0.39 is 0 Å². The van der Waals surface area contributed by atoms with E-state index in [1.54, 1.807) is 30.7 Å². The zero-order valence-corrected chi connectivity index (χ0v) is 17.6. The second kappa shape index (κ2) is 8.77. The Bertz CT molecular complexity index is 1550. The van der Waals surface area contributed by atoms with Crippen molar-refractivity contribution in [2.45, 2.75) is 6.61 Å². The van der Waals surface area contributed by atoms with Crippen molar-refractivity contribution in [3.63, 3.8) is 0 Å². The van der Waals surface area contributed by atoms with Crippen LogP contribution in [0.3, 0.4) is 0 Å². The summed E-state index contributed by atoms with van der Waals surface area (Å²) in [6, 6.07) is 26.2. The van der Waals surface area contributed by atoms with Gasteiger partial charge in [0.05, 0.1) is 22.8 Å². The van der Waals surface area contributed by atoms with Crippen molar-refractivity contribution in [1.29, 1.82) is 5.26 Å². The zero-order valence-electron chi connectivity index (χ0n) is 17.6. The highest BCUT2D eigenvalue weighted by Gasteiger charge is 2.13. The maximum Gasteiger partial charge on any atom is 0.255 e. The molecule has 33 heavy (non-hydrogen) atoms. The number of fused-ring (bicyclic) bond motifs is 1. The molecule has 2 aromatic carbocycles. The van der Waals surface area contributed by atoms with Crippen LogP contribution in [0.15, 0.2) is 102 Å². The van der Waals surface area contributed by atoms with Crippen molar-refractivity contribution >= 4 is 10.9 Å². The first-order chi connectivity index (χ1) is 16.2. The van der Waals surface area contributed by atoms with Crippen molar-refractivity contribution in [2.75, 3.05) is 0 Å². The minimum atomic E-state index is -0.215. The van der Waals surface area contributed by atoms with Gasteiger partial charge in [0, 0.05) is 41.7 Å². The van der Waals surface area contributed by atoms with Gasteiger partial charge in [-0.1, -0.05) is 24.3 Å². The summed E-state index contributed by atoms with van der Waals surface area (Å²) in [6.45, 7) is 0.219. The molecule has 6 nitrogen and oxygen atoms in total. The fourth-order valence-electron chi connectivity index (χ4n) is 3.75. The third-order valence-corrected chi connectivity index (χ3v) is 5.34. The quantitative estimate of drug-likeness (QED) is 0.396. The average molecular weight is 430 g/mol. The molecule has 0 aliphatic carbocycles.